The molecule has 1 rings (SSSR count). The lowest BCUT2D eigenvalue weighted by Crippen LogP contribution is -2.06. The largest absolute Gasteiger partial charge is 0.493 e. The Kier molecular flexibility index (Phi) is 5.12. The number of rotatable bonds is 6. The molecule has 0 atom stereocenters. The van der Waals surface area contributed by atoms with Crippen LogP contribution in [0.5, 0.6) is 11.5 Å². The van der Waals surface area contributed by atoms with Crippen LogP contribution in [0.25, 0.3) is 0 Å². The van der Waals surface area contributed by atoms with Gasteiger partial charge in [0.25, 0.3) is 0 Å². The fraction of sp³-hybridized carbons (Fsp3) is 0.538. The van der Waals surface area contributed by atoms with Gasteiger partial charge in [-0.3, -0.25) is 0 Å². The molecule has 0 heterocycles. The highest BCUT2D eigenvalue weighted by molar-refractivity contribution is 5.43. The van der Waals surface area contributed by atoms with E-state index in [4.69, 9.17) is 15.2 Å². The fourth-order valence-corrected chi connectivity index (χ4v) is 1.41. The minimum absolute atomic E-state index is 0.508. The average molecular weight is 223 g/mol. The molecular weight excluding hydrogens is 202 g/mol. The van der Waals surface area contributed by atoms with Gasteiger partial charge in [-0.2, -0.15) is 0 Å². The summed E-state index contributed by atoms with van der Waals surface area (Å²) in [6, 6.07) is 5.97. The maximum absolute atomic E-state index is 5.67. The number of methoxy groups -OCH3 is 1. The van der Waals surface area contributed by atoms with E-state index in [9.17, 15) is 0 Å². The molecular formula is C13H21NO2. The highest BCUT2D eigenvalue weighted by Crippen LogP contribution is 2.28. The molecule has 0 saturated carbocycles. The van der Waals surface area contributed by atoms with Gasteiger partial charge in [-0.25, -0.2) is 0 Å². The van der Waals surface area contributed by atoms with Gasteiger partial charge in [0.1, 0.15) is 0 Å². The van der Waals surface area contributed by atoms with E-state index in [2.05, 4.69) is 13.8 Å². The molecule has 0 aromatic heterocycles. The summed E-state index contributed by atoms with van der Waals surface area (Å²) < 4.78 is 11.0. The molecule has 0 unspecified atom stereocenters. The predicted molar refractivity (Wildman–Crippen MR) is 66.1 cm³/mol. The molecule has 0 aliphatic carbocycles. The molecule has 0 radical (unpaired) electrons. The van der Waals surface area contributed by atoms with Gasteiger partial charge < -0.3 is 15.2 Å². The molecule has 0 aliphatic heterocycles. The molecule has 0 fully saturated rings. The summed E-state index contributed by atoms with van der Waals surface area (Å²) in [5, 5.41) is 0. The Balaban J connectivity index is 2.76. The molecule has 1 aromatic carbocycles. The van der Waals surface area contributed by atoms with E-state index >= 15 is 0 Å². The summed E-state index contributed by atoms with van der Waals surface area (Å²) in [5.74, 6) is 2.09. The number of hydrogen-bond donors (Lipinski definition) is 1. The first-order valence-corrected chi connectivity index (χ1v) is 5.67. The zero-order valence-corrected chi connectivity index (χ0v) is 10.3. The van der Waals surface area contributed by atoms with Crippen LogP contribution in [0.4, 0.5) is 0 Å². The normalized spacial score (nSPS) is 10.6. The van der Waals surface area contributed by atoms with E-state index in [1.165, 1.54) is 5.56 Å². The van der Waals surface area contributed by atoms with Crippen LogP contribution in [0.1, 0.15) is 19.4 Å². The number of hydrogen-bond acceptors (Lipinski definition) is 3. The fourth-order valence-electron chi connectivity index (χ4n) is 1.41. The van der Waals surface area contributed by atoms with Crippen molar-refractivity contribution in [2.45, 2.75) is 20.3 Å². The number of benzene rings is 1. The van der Waals surface area contributed by atoms with Crippen molar-refractivity contribution in [3.63, 3.8) is 0 Å². The smallest absolute Gasteiger partial charge is 0.161 e. The van der Waals surface area contributed by atoms with Crippen molar-refractivity contribution in [1.82, 2.24) is 0 Å². The molecule has 90 valence electrons. The molecule has 0 amide bonds. The van der Waals surface area contributed by atoms with Crippen LogP contribution in [-0.4, -0.2) is 20.3 Å². The number of ether oxygens (including phenoxy) is 2. The van der Waals surface area contributed by atoms with Crippen molar-refractivity contribution in [1.29, 1.82) is 0 Å². The summed E-state index contributed by atoms with van der Waals surface area (Å²) in [6.07, 6.45) is 0.862. The molecule has 0 aliphatic rings. The third-order valence-electron chi connectivity index (χ3n) is 2.23. The maximum Gasteiger partial charge on any atom is 0.161 e. The Labute approximate surface area is 97.6 Å². The van der Waals surface area contributed by atoms with Crippen LogP contribution >= 0.6 is 0 Å². The predicted octanol–water partition coefficient (Wildman–Crippen LogP) is 2.23. The Morgan fingerprint density at radius 1 is 1.25 bits per heavy atom. The van der Waals surface area contributed by atoms with Crippen LogP contribution in [0.2, 0.25) is 0 Å². The van der Waals surface area contributed by atoms with E-state index in [0.717, 1.165) is 17.9 Å². The quantitative estimate of drug-likeness (QED) is 0.804. The van der Waals surface area contributed by atoms with Crippen LogP contribution in [0, 0.1) is 5.92 Å². The van der Waals surface area contributed by atoms with Gasteiger partial charge >= 0.3 is 0 Å². The van der Waals surface area contributed by atoms with Crippen molar-refractivity contribution >= 4 is 0 Å². The molecule has 2 N–H and O–H groups in total. The SMILES string of the molecule is COc1cc(CCN)ccc1OCC(C)C. The van der Waals surface area contributed by atoms with Crippen LogP contribution in [0.15, 0.2) is 18.2 Å². The first-order valence-electron chi connectivity index (χ1n) is 5.67. The molecule has 0 bridgehead atoms. The van der Waals surface area contributed by atoms with Gasteiger partial charge in [0.15, 0.2) is 11.5 Å². The Bertz CT molecular complexity index is 324. The second-order valence-corrected chi connectivity index (χ2v) is 4.23. The van der Waals surface area contributed by atoms with Crippen molar-refractivity contribution in [2.24, 2.45) is 11.7 Å². The van der Waals surface area contributed by atoms with Crippen LogP contribution in [-0.2, 0) is 6.42 Å². The monoisotopic (exact) mass is 223 g/mol. The highest BCUT2D eigenvalue weighted by atomic mass is 16.5. The summed E-state index contributed by atoms with van der Waals surface area (Å²) in [5.41, 5.74) is 6.69. The Hall–Kier alpha value is -1.22. The van der Waals surface area contributed by atoms with Gasteiger partial charge in [-0.1, -0.05) is 19.9 Å². The summed E-state index contributed by atoms with van der Waals surface area (Å²) in [4.78, 5) is 0. The summed E-state index contributed by atoms with van der Waals surface area (Å²) in [6.45, 7) is 5.59. The van der Waals surface area contributed by atoms with Gasteiger partial charge in [0.2, 0.25) is 0 Å². The number of nitrogens with two attached hydrogens (primary N) is 1. The minimum Gasteiger partial charge on any atom is -0.493 e. The standard InChI is InChI=1S/C13H21NO2/c1-10(2)9-16-12-5-4-11(6-7-14)8-13(12)15-3/h4-5,8,10H,6-7,9,14H2,1-3H3. The first kappa shape index (κ1) is 12.8. The van der Waals surface area contributed by atoms with E-state index in [1.807, 2.05) is 18.2 Å². The maximum atomic E-state index is 5.67. The average Bonchev–Trinajstić information content (AvgIpc) is 2.27. The van der Waals surface area contributed by atoms with Crippen molar-refractivity contribution in [2.75, 3.05) is 20.3 Å². The van der Waals surface area contributed by atoms with Gasteiger partial charge in [-0.15, -0.1) is 0 Å². The van der Waals surface area contributed by atoms with E-state index in [-0.39, 0.29) is 0 Å². The third kappa shape index (κ3) is 3.74. The van der Waals surface area contributed by atoms with Gasteiger partial charge in [-0.05, 0) is 36.6 Å². The van der Waals surface area contributed by atoms with E-state index in [0.29, 0.717) is 19.1 Å². The van der Waals surface area contributed by atoms with Crippen molar-refractivity contribution in [3.8, 4) is 11.5 Å². The molecule has 1 aromatic rings. The second kappa shape index (κ2) is 6.38. The summed E-state index contributed by atoms with van der Waals surface area (Å²) in [7, 11) is 1.66. The highest BCUT2D eigenvalue weighted by Gasteiger charge is 2.06. The minimum atomic E-state index is 0.508. The summed E-state index contributed by atoms with van der Waals surface area (Å²) >= 11 is 0. The van der Waals surface area contributed by atoms with Gasteiger partial charge in [0.05, 0.1) is 13.7 Å². The molecule has 16 heavy (non-hydrogen) atoms. The van der Waals surface area contributed by atoms with Crippen LogP contribution < -0.4 is 15.2 Å². The van der Waals surface area contributed by atoms with Crippen molar-refractivity contribution in [3.05, 3.63) is 23.8 Å². The first-order chi connectivity index (χ1) is 7.67. The van der Waals surface area contributed by atoms with Crippen molar-refractivity contribution < 1.29 is 9.47 Å². The topological polar surface area (TPSA) is 44.5 Å². The van der Waals surface area contributed by atoms with Gasteiger partial charge in [0, 0.05) is 0 Å². The third-order valence-corrected chi connectivity index (χ3v) is 2.23. The van der Waals surface area contributed by atoms with Crippen LogP contribution in [0.3, 0.4) is 0 Å². The zero-order chi connectivity index (χ0) is 12.0. The lowest BCUT2D eigenvalue weighted by atomic mass is 10.1. The van der Waals surface area contributed by atoms with E-state index in [1.54, 1.807) is 7.11 Å². The lowest BCUT2D eigenvalue weighted by Gasteiger charge is -2.13. The molecule has 0 saturated heterocycles. The Morgan fingerprint density at radius 2 is 2.00 bits per heavy atom. The molecule has 3 heteroatoms. The molecule has 0 spiro atoms. The molecule has 3 nitrogen and oxygen atoms in total. The lowest BCUT2D eigenvalue weighted by molar-refractivity contribution is 0.257. The second-order valence-electron chi connectivity index (χ2n) is 4.23. The zero-order valence-electron chi connectivity index (χ0n) is 10.3. The Morgan fingerprint density at radius 3 is 2.56 bits per heavy atom. The van der Waals surface area contributed by atoms with E-state index < -0.39 is 0 Å².